The van der Waals surface area contributed by atoms with E-state index in [0.717, 1.165) is 34.0 Å². The average Bonchev–Trinajstić information content (AvgIpc) is 2.39. The fourth-order valence-electron chi connectivity index (χ4n) is 2.12. The third kappa shape index (κ3) is 3.32. The molecular weight excluding hydrogens is 300 g/mol. The molecule has 2 aromatic rings. The van der Waals surface area contributed by atoms with E-state index in [9.17, 15) is 4.79 Å². The van der Waals surface area contributed by atoms with Crippen LogP contribution in [-0.2, 0) is 6.42 Å². The van der Waals surface area contributed by atoms with Crippen molar-refractivity contribution in [2.75, 3.05) is 0 Å². The second-order valence-corrected chi connectivity index (χ2v) is 5.62. The lowest BCUT2D eigenvalue weighted by Crippen LogP contribution is -2.03. The lowest BCUT2D eigenvalue weighted by atomic mass is 9.99. The van der Waals surface area contributed by atoms with Gasteiger partial charge in [0.25, 0.3) is 0 Å². The van der Waals surface area contributed by atoms with Gasteiger partial charge in [0.15, 0.2) is 5.78 Å². The first-order valence-electron chi connectivity index (χ1n) is 6.51. The van der Waals surface area contributed by atoms with Crippen molar-refractivity contribution in [2.45, 2.75) is 26.7 Å². The predicted molar refractivity (Wildman–Crippen MR) is 82.7 cm³/mol. The van der Waals surface area contributed by atoms with Crippen molar-refractivity contribution in [1.82, 2.24) is 0 Å². The van der Waals surface area contributed by atoms with E-state index in [1.54, 1.807) is 0 Å². The Balaban J connectivity index is 2.35. The fraction of sp³-hybridized carbons (Fsp3) is 0.235. The molecule has 0 bridgehead atoms. The third-order valence-corrected chi connectivity index (χ3v) is 3.75. The smallest absolute Gasteiger partial charge is 0.194 e. The summed E-state index contributed by atoms with van der Waals surface area (Å²) < 4.78 is 0.860. The van der Waals surface area contributed by atoms with Crippen molar-refractivity contribution >= 4 is 21.7 Å². The predicted octanol–water partition coefficient (Wildman–Crippen LogP) is 4.94. The van der Waals surface area contributed by atoms with Gasteiger partial charge in [-0.15, -0.1) is 0 Å². The normalized spacial score (nSPS) is 10.5. The zero-order valence-electron chi connectivity index (χ0n) is 11.2. The molecular formula is C17H17BrO. The highest BCUT2D eigenvalue weighted by Gasteiger charge is 2.12. The zero-order chi connectivity index (χ0) is 13.8. The van der Waals surface area contributed by atoms with E-state index < -0.39 is 0 Å². The number of hydrogen-bond donors (Lipinski definition) is 0. The molecule has 1 nitrogen and oxygen atoms in total. The van der Waals surface area contributed by atoms with Gasteiger partial charge in [0.1, 0.15) is 0 Å². The summed E-state index contributed by atoms with van der Waals surface area (Å²) in [5.74, 6) is 0.0739. The Morgan fingerprint density at radius 1 is 1.16 bits per heavy atom. The maximum absolute atomic E-state index is 12.5. The van der Waals surface area contributed by atoms with E-state index in [0.29, 0.717) is 0 Å². The average molecular weight is 317 g/mol. The molecule has 0 radical (unpaired) electrons. The Morgan fingerprint density at radius 2 is 1.95 bits per heavy atom. The van der Waals surface area contributed by atoms with Crippen molar-refractivity contribution in [1.29, 1.82) is 0 Å². The molecule has 2 heteroatoms. The van der Waals surface area contributed by atoms with Gasteiger partial charge in [-0.05, 0) is 42.7 Å². The summed E-state index contributed by atoms with van der Waals surface area (Å²) in [6, 6.07) is 13.7. The largest absolute Gasteiger partial charge is 0.289 e. The monoisotopic (exact) mass is 316 g/mol. The summed E-state index contributed by atoms with van der Waals surface area (Å²) >= 11 is 3.47. The highest BCUT2D eigenvalue weighted by molar-refractivity contribution is 9.10. The topological polar surface area (TPSA) is 17.1 Å². The molecule has 0 aliphatic carbocycles. The molecule has 19 heavy (non-hydrogen) atoms. The van der Waals surface area contributed by atoms with Crippen molar-refractivity contribution in [2.24, 2.45) is 0 Å². The number of rotatable bonds is 4. The summed E-state index contributed by atoms with van der Waals surface area (Å²) in [6.45, 7) is 4.16. The van der Waals surface area contributed by atoms with Crippen LogP contribution in [0.25, 0.3) is 0 Å². The van der Waals surface area contributed by atoms with E-state index in [-0.39, 0.29) is 5.78 Å². The van der Waals surface area contributed by atoms with Gasteiger partial charge < -0.3 is 0 Å². The van der Waals surface area contributed by atoms with E-state index in [2.05, 4.69) is 28.9 Å². The van der Waals surface area contributed by atoms with Gasteiger partial charge >= 0.3 is 0 Å². The van der Waals surface area contributed by atoms with Crippen molar-refractivity contribution in [3.8, 4) is 0 Å². The molecule has 0 aliphatic heterocycles. The number of benzene rings is 2. The molecule has 0 aromatic heterocycles. The SMILES string of the molecule is CCCc1cccc(C(=O)c2ccc(C)cc2Br)c1. The standard InChI is InChI=1S/C17H17BrO/c1-3-5-13-6-4-7-14(11-13)17(19)15-9-8-12(2)10-16(15)18/h4,6-11H,3,5H2,1-2H3. The highest BCUT2D eigenvalue weighted by Crippen LogP contribution is 2.22. The van der Waals surface area contributed by atoms with E-state index in [1.165, 1.54) is 5.56 Å². The molecule has 0 aliphatic rings. The van der Waals surface area contributed by atoms with Crippen LogP contribution < -0.4 is 0 Å². The van der Waals surface area contributed by atoms with Crippen LogP contribution >= 0.6 is 15.9 Å². The number of ketones is 1. The summed E-state index contributed by atoms with van der Waals surface area (Å²) in [7, 11) is 0. The minimum atomic E-state index is 0.0739. The molecule has 0 atom stereocenters. The Morgan fingerprint density at radius 3 is 2.63 bits per heavy atom. The third-order valence-electron chi connectivity index (χ3n) is 3.10. The minimum absolute atomic E-state index is 0.0739. The van der Waals surface area contributed by atoms with Gasteiger partial charge in [0.05, 0.1) is 0 Å². The molecule has 0 amide bonds. The fourth-order valence-corrected chi connectivity index (χ4v) is 2.79. The number of carbonyl (C=O) groups excluding carboxylic acids is 1. The van der Waals surface area contributed by atoms with Crippen LogP contribution in [0.4, 0.5) is 0 Å². The van der Waals surface area contributed by atoms with Gasteiger partial charge in [0, 0.05) is 15.6 Å². The molecule has 98 valence electrons. The van der Waals surface area contributed by atoms with Crippen molar-refractivity contribution in [3.05, 3.63) is 69.2 Å². The zero-order valence-corrected chi connectivity index (χ0v) is 12.8. The molecule has 0 saturated carbocycles. The summed E-state index contributed by atoms with van der Waals surface area (Å²) in [6.07, 6.45) is 2.10. The first-order valence-corrected chi connectivity index (χ1v) is 7.31. The van der Waals surface area contributed by atoms with Crippen molar-refractivity contribution in [3.63, 3.8) is 0 Å². The second-order valence-electron chi connectivity index (χ2n) is 4.76. The Hall–Kier alpha value is -1.41. The second kappa shape index (κ2) is 6.16. The van der Waals surface area contributed by atoms with Crippen LogP contribution in [-0.4, -0.2) is 5.78 Å². The Kier molecular flexibility index (Phi) is 4.54. The number of halogens is 1. The Labute approximate surface area is 122 Å². The lowest BCUT2D eigenvalue weighted by Gasteiger charge is -2.06. The van der Waals surface area contributed by atoms with Gasteiger partial charge in [-0.1, -0.05) is 53.5 Å². The van der Waals surface area contributed by atoms with Crippen LogP contribution in [0.5, 0.6) is 0 Å². The van der Waals surface area contributed by atoms with Crippen LogP contribution in [0.15, 0.2) is 46.9 Å². The van der Waals surface area contributed by atoms with Gasteiger partial charge in [-0.2, -0.15) is 0 Å². The van der Waals surface area contributed by atoms with Gasteiger partial charge in [-0.25, -0.2) is 0 Å². The molecule has 2 rings (SSSR count). The summed E-state index contributed by atoms with van der Waals surface area (Å²) in [5.41, 5.74) is 3.84. The van der Waals surface area contributed by atoms with Crippen molar-refractivity contribution < 1.29 is 4.79 Å². The number of hydrogen-bond acceptors (Lipinski definition) is 1. The molecule has 2 aromatic carbocycles. The van der Waals surface area contributed by atoms with Crippen LogP contribution in [0.1, 0.15) is 40.4 Å². The molecule has 0 heterocycles. The summed E-state index contributed by atoms with van der Waals surface area (Å²) in [5, 5.41) is 0. The van der Waals surface area contributed by atoms with Crippen LogP contribution in [0, 0.1) is 6.92 Å². The molecule has 0 saturated heterocycles. The first-order chi connectivity index (χ1) is 9.11. The van der Waals surface area contributed by atoms with E-state index >= 15 is 0 Å². The van der Waals surface area contributed by atoms with Crippen LogP contribution in [0.3, 0.4) is 0 Å². The first kappa shape index (κ1) is 14.0. The number of carbonyl (C=O) groups is 1. The van der Waals surface area contributed by atoms with Crippen LogP contribution in [0.2, 0.25) is 0 Å². The molecule has 0 spiro atoms. The minimum Gasteiger partial charge on any atom is -0.289 e. The van der Waals surface area contributed by atoms with E-state index in [4.69, 9.17) is 0 Å². The quantitative estimate of drug-likeness (QED) is 0.730. The van der Waals surface area contributed by atoms with Gasteiger partial charge in [-0.3, -0.25) is 4.79 Å². The van der Waals surface area contributed by atoms with Gasteiger partial charge in [0.2, 0.25) is 0 Å². The molecule has 0 fully saturated rings. The molecule has 0 N–H and O–H groups in total. The Bertz CT molecular complexity index is 602. The van der Waals surface area contributed by atoms with E-state index in [1.807, 2.05) is 43.3 Å². The maximum Gasteiger partial charge on any atom is 0.194 e. The lowest BCUT2D eigenvalue weighted by molar-refractivity contribution is 0.103. The highest BCUT2D eigenvalue weighted by atomic mass is 79.9. The molecule has 0 unspecified atom stereocenters. The summed E-state index contributed by atoms with van der Waals surface area (Å²) in [4.78, 5) is 12.5. The number of aryl methyl sites for hydroxylation is 2. The maximum atomic E-state index is 12.5.